The van der Waals surface area contributed by atoms with Crippen molar-refractivity contribution in [1.82, 2.24) is 9.03 Å². The van der Waals surface area contributed by atoms with E-state index in [1.807, 2.05) is 36.4 Å². The lowest BCUT2D eigenvalue weighted by molar-refractivity contribution is -0.138. The molecule has 0 spiro atoms. The van der Waals surface area contributed by atoms with Crippen molar-refractivity contribution in [2.24, 2.45) is 0 Å². The highest BCUT2D eigenvalue weighted by atomic mass is 32.2. The third-order valence-corrected chi connectivity index (χ3v) is 8.05. The third kappa shape index (κ3) is 5.68. The van der Waals surface area contributed by atoms with Crippen LogP contribution in [0.25, 0.3) is 10.8 Å². The van der Waals surface area contributed by atoms with Crippen LogP contribution in [-0.4, -0.2) is 50.0 Å². The summed E-state index contributed by atoms with van der Waals surface area (Å²) in [5.41, 5.74) is 0.397. The molecule has 1 heterocycles. The first kappa shape index (κ1) is 25.6. The average molecular weight is 511 g/mol. The van der Waals surface area contributed by atoms with E-state index in [2.05, 4.69) is 16.6 Å². The van der Waals surface area contributed by atoms with Gasteiger partial charge in [0, 0.05) is 24.2 Å². The summed E-state index contributed by atoms with van der Waals surface area (Å²) in [5.74, 6) is 5.76. The number of benzene rings is 3. The van der Waals surface area contributed by atoms with Crippen LogP contribution in [0, 0.1) is 11.8 Å². The zero-order valence-electron chi connectivity index (χ0n) is 20.0. The fourth-order valence-electron chi connectivity index (χ4n) is 4.14. The third-order valence-electron chi connectivity index (χ3n) is 6.35. The molecule has 3 aromatic rings. The monoisotopic (exact) mass is 510 g/mol. The minimum absolute atomic E-state index is 0.0255. The van der Waals surface area contributed by atoms with Gasteiger partial charge in [-0.1, -0.05) is 36.1 Å². The number of nitrogens with zero attached hydrogens (tertiary/aromatic N) is 1. The molecular weight excluding hydrogens is 483 g/mol. The fraction of sp³-hybridized carbons (Fsp3) is 0.296. The summed E-state index contributed by atoms with van der Waals surface area (Å²) in [4.78, 5) is 11.0. The number of hydrogen-bond donors (Lipinski definition) is 2. The molecule has 7 nitrogen and oxygen atoms in total. The van der Waals surface area contributed by atoms with Crippen molar-refractivity contribution in [2.75, 3.05) is 20.2 Å². The number of rotatable bonds is 6. The Morgan fingerprint density at radius 1 is 1.03 bits per heavy atom. The zero-order valence-corrected chi connectivity index (χ0v) is 20.8. The lowest BCUT2D eigenvalue weighted by atomic mass is 9.86. The van der Waals surface area contributed by atoms with E-state index in [-0.39, 0.29) is 25.9 Å². The molecule has 2 N–H and O–H groups in total. The van der Waals surface area contributed by atoms with E-state index in [4.69, 9.17) is 9.84 Å². The number of alkyl halides is 1. The maximum atomic E-state index is 15.7. The molecule has 0 saturated carbocycles. The number of methoxy groups -OCH3 is 1. The van der Waals surface area contributed by atoms with E-state index in [0.29, 0.717) is 5.56 Å². The summed E-state index contributed by atoms with van der Waals surface area (Å²) in [7, 11) is -2.37. The molecule has 0 amide bonds. The maximum absolute atomic E-state index is 15.7. The van der Waals surface area contributed by atoms with Crippen LogP contribution in [0.5, 0.6) is 5.75 Å². The molecule has 1 aliphatic rings. The van der Waals surface area contributed by atoms with Crippen molar-refractivity contribution in [3.63, 3.8) is 0 Å². The number of aliphatic carboxylic acids is 1. The molecule has 1 aliphatic heterocycles. The van der Waals surface area contributed by atoms with Crippen molar-refractivity contribution in [3.05, 3.63) is 77.4 Å². The molecular formula is C27H27FN2O5S. The van der Waals surface area contributed by atoms with Crippen molar-refractivity contribution in [1.29, 1.82) is 0 Å². The molecule has 1 atom stereocenters. The summed E-state index contributed by atoms with van der Waals surface area (Å²) in [5, 5.41) is 11.1. The van der Waals surface area contributed by atoms with E-state index < -0.39 is 27.9 Å². The highest BCUT2D eigenvalue weighted by Gasteiger charge is 2.40. The summed E-state index contributed by atoms with van der Waals surface area (Å²) >= 11 is 0. The second-order valence-corrected chi connectivity index (χ2v) is 10.5. The van der Waals surface area contributed by atoms with Gasteiger partial charge in [-0.15, -0.1) is 0 Å². The number of fused-ring (bicyclic) bond motifs is 1. The van der Waals surface area contributed by atoms with Gasteiger partial charge in [0.25, 0.3) is 10.2 Å². The topological polar surface area (TPSA) is 95.9 Å². The van der Waals surface area contributed by atoms with E-state index >= 15 is 4.39 Å². The molecule has 36 heavy (non-hydrogen) atoms. The Morgan fingerprint density at radius 2 is 1.61 bits per heavy atom. The van der Waals surface area contributed by atoms with E-state index in [1.165, 1.54) is 6.92 Å². The molecule has 3 aromatic carbocycles. The second kappa shape index (κ2) is 10.3. The van der Waals surface area contributed by atoms with Crippen LogP contribution < -0.4 is 9.46 Å². The minimum atomic E-state index is -4.01. The Labute approximate surface area is 210 Å². The Kier molecular flexibility index (Phi) is 7.31. The summed E-state index contributed by atoms with van der Waals surface area (Å²) < 4.78 is 48.9. The summed E-state index contributed by atoms with van der Waals surface area (Å²) in [6, 6.07) is 17.4. The van der Waals surface area contributed by atoms with E-state index in [1.54, 1.807) is 31.4 Å². The molecule has 188 valence electrons. The van der Waals surface area contributed by atoms with Crippen LogP contribution in [0.15, 0.2) is 60.7 Å². The van der Waals surface area contributed by atoms with Gasteiger partial charge >= 0.3 is 5.97 Å². The van der Waals surface area contributed by atoms with Crippen molar-refractivity contribution in [2.45, 2.75) is 31.5 Å². The molecule has 0 aliphatic carbocycles. The Balaban J connectivity index is 1.42. The first-order chi connectivity index (χ1) is 17.1. The summed E-state index contributed by atoms with van der Waals surface area (Å²) in [6.07, 6.45) is -0.0511. The minimum Gasteiger partial charge on any atom is -0.497 e. The molecule has 0 aromatic heterocycles. The number of carbonyl (C=O) groups is 1. The van der Waals surface area contributed by atoms with Crippen LogP contribution in [0.1, 0.15) is 36.5 Å². The second-order valence-electron chi connectivity index (χ2n) is 8.80. The van der Waals surface area contributed by atoms with Gasteiger partial charge in [-0.2, -0.15) is 17.4 Å². The standard InChI is InChI=1S/C27H27FN2O5S/c1-19(26(31)32)29-36(33,34)30-15-13-27(28,14-16-30)24-10-6-20(7-11-24)3-4-21-5-8-23-18-25(35-2)12-9-22(23)17-21/h5-12,17-19,29H,13-16H2,1-2H3,(H,31,32)/t19-/m1/s1. The van der Waals surface area contributed by atoms with Crippen LogP contribution in [0.2, 0.25) is 0 Å². The van der Waals surface area contributed by atoms with Gasteiger partial charge in [-0.25, -0.2) is 4.39 Å². The highest BCUT2D eigenvalue weighted by Crippen LogP contribution is 2.37. The number of hydrogen-bond acceptors (Lipinski definition) is 4. The van der Waals surface area contributed by atoms with E-state index in [0.717, 1.165) is 32.0 Å². The van der Waals surface area contributed by atoms with Crippen molar-refractivity contribution in [3.8, 4) is 17.6 Å². The molecule has 1 fully saturated rings. The lowest BCUT2D eigenvalue weighted by Crippen LogP contribution is -2.51. The first-order valence-corrected chi connectivity index (χ1v) is 12.9. The number of nitrogens with one attached hydrogen (secondary N) is 1. The van der Waals surface area contributed by atoms with Gasteiger partial charge in [0.05, 0.1) is 7.11 Å². The van der Waals surface area contributed by atoms with Gasteiger partial charge in [-0.3, -0.25) is 4.79 Å². The predicted molar refractivity (Wildman–Crippen MR) is 136 cm³/mol. The number of carboxylic acids is 1. The molecule has 9 heteroatoms. The maximum Gasteiger partial charge on any atom is 0.321 e. The Bertz CT molecular complexity index is 1440. The number of carboxylic acid groups (broad SMARTS) is 1. The average Bonchev–Trinajstić information content (AvgIpc) is 2.87. The molecule has 0 unspecified atom stereocenters. The van der Waals surface area contributed by atoms with Crippen LogP contribution in [0.4, 0.5) is 4.39 Å². The van der Waals surface area contributed by atoms with Gasteiger partial charge in [0.2, 0.25) is 0 Å². The van der Waals surface area contributed by atoms with Crippen LogP contribution >= 0.6 is 0 Å². The summed E-state index contributed by atoms with van der Waals surface area (Å²) in [6.45, 7) is 1.15. The molecule has 0 bridgehead atoms. The van der Waals surface area contributed by atoms with Gasteiger partial charge in [0.15, 0.2) is 0 Å². The zero-order chi connectivity index (χ0) is 25.9. The van der Waals surface area contributed by atoms with E-state index in [9.17, 15) is 13.2 Å². The van der Waals surface area contributed by atoms with Gasteiger partial charge in [0.1, 0.15) is 17.5 Å². The van der Waals surface area contributed by atoms with Crippen molar-refractivity contribution < 1.29 is 27.4 Å². The van der Waals surface area contributed by atoms with Gasteiger partial charge in [-0.05, 0) is 72.5 Å². The Morgan fingerprint density at radius 3 is 2.25 bits per heavy atom. The SMILES string of the molecule is COc1ccc2cc(C#Cc3ccc(C4(F)CCN(S(=O)(=O)N[C@H](C)C(=O)O)CC4)cc3)ccc2c1. The fourth-order valence-corrected chi connectivity index (χ4v) is 5.50. The molecule has 1 saturated heterocycles. The predicted octanol–water partition coefficient (Wildman–Crippen LogP) is 3.82. The smallest absolute Gasteiger partial charge is 0.321 e. The largest absolute Gasteiger partial charge is 0.497 e. The number of piperidine rings is 1. The normalized spacial score (nSPS) is 16.6. The molecule has 0 radical (unpaired) electrons. The number of ether oxygens (including phenoxy) is 1. The number of halogens is 1. The molecule has 4 rings (SSSR count). The quantitative estimate of drug-likeness (QED) is 0.492. The van der Waals surface area contributed by atoms with Gasteiger partial charge < -0.3 is 9.84 Å². The first-order valence-electron chi connectivity index (χ1n) is 11.5. The van der Waals surface area contributed by atoms with Crippen molar-refractivity contribution >= 4 is 27.0 Å². The van der Waals surface area contributed by atoms with Crippen LogP contribution in [-0.2, 0) is 20.7 Å². The highest BCUT2D eigenvalue weighted by molar-refractivity contribution is 7.87. The van der Waals surface area contributed by atoms with Crippen LogP contribution in [0.3, 0.4) is 0 Å². The Hall–Kier alpha value is -3.45. The lowest BCUT2D eigenvalue weighted by Gasteiger charge is -2.36.